The highest BCUT2D eigenvalue weighted by Gasteiger charge is 2.42. The Kier molecular flexibility index (Phi) is 4.25. The highest BCUT2D eigenvalue weighted by molar-refractivity contribution is 6.12. The summed E-state index contributed by atoms with van der Waals surface area (Å²) < 4.78 is 40.7. The molecule has 1 aromatic heterocycles. The second-order valence-electron chi connectivity index (χ2n) is 5.84. The lowest BCUT2D eigenvalue weighted by atomic mass is 10.1. The standard InChI is InChI=1S/C20H16F3NO/c1-3-14-8-10-15(11-9-14)12-24-13(2)18(19(25)20(21,22)23)16-6-4-5-7-17(16)24/h3-11H,1,12H2,2H3. The first-order chi connectivity index (χ1) is 11.8. The summed E-state index contributed by atoms with van der Waals surface area (Å²) in [5.74, 6) is -1.80. The number of hydrogen-bond donors (Lipinski definition) is 0. The maximum Gasteiger partial charge on any atom is 0.454 e. The van der Waals surface area contributed by atoms with Crippen molar-refractivity contribution < 1.29 is 18.0 Å². The van der Waals surface area contributed by atoms with Gasteiger partial charge in [-0.2, -0.15) is 13.2 Å². The van der Waals surface area contributed by atoms with Gasteiger partial charge >= 0.3 is 6.18 Å². The minimum absolute atomic E-state index is 0.272. The van der Waals surface area contributed by atoms with Gasteiger partial charge in [-0.15, -0.1) is 0 Å². The van der Waals surface area contributed by atoms with Gasteiger partial charge in [0.1, 0.15) is 0 Å². The Morgan fingerprint density at radius 1 is 1.12 bits per heavy atom. The van der Waals surface area contributed by atoms with E-state index in [1.54, 1.807) is 41.8 Å². The van der Waals surface area contributed by atoms with Crippen LogP contribution in [0, 0.1) is 6.92 Å². The van der Waals surface area contributed by atoms with Gasteiger partial charge in [0.2, 0.25) is 0 Å². The molecule has 0 amide bonds. The zero-order valence-corrected chi connectivity index (χ0v) is 13.6. The Morgan fingerprint density at radius 2 is 1.76 bits per heavy atom. The third kappa shape index (κ3) is 3.09. The van der Waals surface area contributed by atoms with E-state index in [4.69, 9.17) is 0 Å². The van der Waals surface area contributed by atoms with Crippen LogP contribution in [0.1, 0.15) is 27.2 Å². The Labute approximate surface area is 143 Å². The SMILES string of the molecule is C=Cc1ccc(Cn2c(C)c(C(=O)C(F)(F)F)c3ccccc32)cc1. The average molecular weight is 343 g/mol. The summed E-state index contributed by atoms with van der Waals surface area (Å²) in [7, 11) is 0. The van der Waals surface area contributed by atoms with E-state index in [0.717, 1.165) is 11.1 Å². The number of fused-ring (bicyclic) bond motifs is 1. The molecule has 0 aliphatic rings. The molecule has 1 heterocycles. The topological polar surface area (TPSA) is 22.0 Å². The Balaban J connectivity index is 2.13. The number of carbonyl (C=O) groups excluding carboxylic acids is 1. The molecule has 2 nitrogen and oxygen atoms in total. The predicted molar refractivity (Wildman–Crippen MR) is 92.7 cm³/mol. The number of halogens is 3. The molecule has 3 aromatic rings. The maximum atomic E-state index is 13.0. The lowest BCUT2D eigenvalue weighted by Crippen LogP contribution is -2.23. The van der Waals surface area contributed by atoms with E-state index in [1.807, 2.05) is 24.3 Å². The van der Waals surface area contributed by atoms with Crippen LogP contribution in [0.25, 0.3) is 17.0 Å². The van der Waals surface area contributed by atoms with Crippen LogP contribution in [0.2, 0.25) is 0 Å². The molecule has 0 spiro atoms. The van der Waals surface area contributed by atoms with Crippen molar-refractivity contribution in [3.05, 3.63) is 77.5 Å². The van der Waals surface area contributed by atoms with Crippen LogP contribution in [-0.2, 0) is 6.54 Å². The smallest absolute Gasteiger partial charge is 0.340 e. The summed E-state index contributed by atoms with van der Waals surface area (Å²) in [4.78, 5) is 11.9. The molecule has 0 N–H and O–H groups in total. The van der Waals surface area contributed by atoms with E-state index in [-0.39, 0.29) is 5.56 Å². The second kappa shape index (κ2) is 6.24. The van der Waals surface area contributed by atoms with Crippen molar-refractivity contribution in [1.29, 1.82) is 0 Å². The Bertz CT molecular complexity index is 949. The van der Waals surface area contributed by atoms with E-state index in [0.29, 0.717) is 23.1 Å². The van der Waals surface area contributed by atoms with E-state index in [2.05, 4.69) is 6.58 Å². The van der Waals surface area contributed by atoms with Gasteiger partial charge in [-0.1, -0.05) is 55.1 Å². The number of rotatable bonds is 4. The minimum atomic E-state index is -4.90. The van der Waals surface area contributed by atoms with Gasteiger partial charge in [0.15, 0.2) is 0 Å². The Morgan fingerprint density at radius 3 is 2.36 bits per heavy atom. The van der Waals surface area contributed by atoms with Gasteiger partial charge in [-0.25, -0.2) is 0 Å². The number of Topliss-reactive ketones (excluding diaryl/α,β-unsaturated/α-hetero) is 1. The van der Waals surface area contributed by atoms with Crippen LogP contribution in [-0.4, -0.2) is 16.5 Å². The van der Waals surface area contributed by atoms with Crippen LogP contribution in [0.15, 0.2) is 55.1 Å². The third-order valence-electron chi connectivity index (χ3n) is 4.27. The van der Waals surface area contributed by atoms with Crippen molar-refractivity contribution in [2.45, 2.75) is 19.6 Å². The number of nitrogens with zero attached hydrogens (tertiary/aromatic N) is 1. The molecule has 0 atom stereocenters. The van der Waals surface area contributed by atoms with Crippen molar-refractivity contribution in [3.63, 3.8) is 0 Å². The number of hydrogen-bond acceptors (Lipinski definition) is 1. The summed E-state index contributed by atoms with van der Waals surface area (Å²) in [5, 5.41) is 0.324. The normalized spacial score (nSPS) is 11.7. The molecule has 0 fully saturated rings. The molecule has 0 aliphatic carbocycles. The number of para-hydroxylation sites is 1. The van der Waals surface area contributed by atoms with Crippen LogP contribution < -0.4 is 0 Å². The van der Waals surface area contributed by atoms with Gasteiger partial charge in [-0.3, -0.25) is 4.79 Å². The van der Waals surface area contributed by atoms with E-state index >= 15 is 0 Å². The summed E-state index contributed by atoms with van der Waals surface area (Å²) in [6, 6.07) is 14.3. The molecule has 0 radical (unpaired) electrons. The first-order valence-corrected chi connectivity index (χ1v) is 7.73. The van der Waals surface area contributed by atoms with E-state index in [9.17, 15) is 18.0 Å². The lowest BCUT2D eigenvalue weighted by Gasteiger charge is -2.10. The first-order valence-electron chi connectivity index (χ1n) is 7.73. The molecule has 0 saturated heterocycles. The number of benzene rings is 2. The van der Waals surface area contributed by atoms with Crippen molar-refractivity contribution in [2.75, 3.05) is 0 Å². The number of carbonyl (C=O) groups is 1. The number of alkyl halides is 3. The summed E-state index contributed by atoms with van der Waals surface area (Å²) in [5.41, 5.74) is 2.55. The van der Waals surface area contributed by atoms with Gasteiger partial charge < -0.3 is 4.57 Å². The fraction of sp³-hybridized carbons (Fsp3) is 0.150. The van der Waals surface area contributed by atoms with Crippen LogP contribution >= 0.6 is 0 Å². The van der Waals surface area contributed by atoms with E-state index < -0.39 is 12.0 Å². The van der Waals surface area contributed by atoms with Crippen molar-refractivity contribution >= 4 is 22.8 Å². The van der Waals surface area contributed by atoms with Gasteiger partial charge in [0, 0.05) is 23.1 Å². The fourth-order valence-electron chi connectivity index (χ4n) is 3.00. The van der Waals surface area contributed by atoms with Crippen LogP contribution in [0.3, 0.4) is 0 Å². The van der Waals surface area contributed by atoms with Crippen molar-refractivity contribution in [3.8, 4) is 0 Å². The molecule has 3 rings (SSSR count). The maximum absolute atomic E-state index is 13.0. The van der Waals surface area contributed by atoms with Gasteiger partial charge in [0.05, 0.1) is 5.56 Å². The summed E-state index contributed by atoms with van der Waals surface area (Å²) in [6.07, 6.45) is -3.18. The highest BCUT2D eigenvalue weighted by atomic mass is 19.4. The number of aromatic nitrogens is 1. The molecule has 0 saturated carbocycles. The van der Waals surface area contributed by atoms with Gasteiger partial charge in [-0.05, 0) is 24.1 Å². The lowest BCUT2D eigenvalue weighted by molar-refractivity contribution is -0.0884. The van der Waals surface area contributed by atoms with Crippen molar-refractivity contribution in [1.82, 2.24) is 4.57 Å². The third-order valence-corrected chi connectivity index (χ3v) is 4.27. The predicted octanol–water partition coefficient (Wildman–Crippen LogP) is 5.39. The largest absolute Gasteiger partial charge is 0.454 e. The molecular formula is C20H16F3NO. The quantitative estimate of drug-likeness (QED) is 0.583. The molecule has 25 heavy (non-hydrogen) atoms. The second-order valence-corrected chi connectivity index (χ2v) is 5.84. The zero-order valence-electron chi connectivity index (χ0n) is 13.6. The van der Waals surface area contributed by atoms with Crippen molar-refractivity contribution in [2.24, 2.45) is 0 Å². The van der Waals surface area contributed by atoms with Gasteiger partial charge in [0.25, 0.3) is 5.78 Å². The molecule has 0 aliphatic heterocycles. The highest BCUT2D eigenvalue weighted by Crippen LogP contribution is 2.32. The van der Waals surface area contributed by atoms with E-state index in [1.165, 1.54) is 0 Å². The molecule has 128 valence electrons. The molecule has 5 heteroatoms. The molecule has 0 bridgehead atoms. The number of ketones is 1. The van der Waals surface area contributed by atoms with Crippen LogP contribution in [0.4, 0.5) is 13.2 Å². The zero-order chi connectivity index (χ0) is 18.2. The first kappa shape index (κ1) is 17.0. The van der Waals surface area contributed by atoms with Crippen LogP contribution in [0.5, 0.6) is 0 Å². The monoisotopic (exact) mass is 343 g/mol. The molecular weight excluding hydrogens is 327 g/mol. The molecule has 2 aromatic carbocycles. The molecule has 0 unspecified atom stereocenters. The average Bonchev–Trinajstić information content (AvgIpc) is 2.86. The minimum Gasteiger partial charge on any atom is -0.340 e. The fourth-order valence-corrected chi connectivity index (χ4v) is 3.00. The Hall–Kier alpha value is -2.82. The summed E-state index contributed by atoms with van der Waals surface area (Å²) in [6.45, 7) is 5.63. The summed E-state index contributed by atoms with van der Waals surface area (Å²) >= 11 is 0.